The second-order valence-corrected chi connectivity index (χ2v) is 8.14. The molecule has 2 aromatic rings. The molecule has 2 heterocycles. The van der Waals surface area contributed by atoms with Gasteiger partial charge in [-0.25, -0.2) is 9.78 Å². The number of ether oxygens (including phenoxy) is 1. The molecule has 1 aromatic carbocycles. The second kappa shape index (κ2) is 6.80. The van der Waals surface area contributed by atoms with Gasteiger partial charge in [-0.1, -0.05) is 28.1 Å². The summed E-state index contributed by atoms with van der Waals surface area (Å²) in [5.41, 5.74) is 1.29. The summed E-state index contributed by atoms with van der Waals surface area (Å²) >= 11 is 3.42. The van der Waals surface area contributed by atoms with E-state index in [2.05, 4.69) is 25.9 Å². The third-order valence-electron chi connectivity index (χ3n) is 3.97. The van der Waals surface area contributed by atoms with Crippen LogP contribution in [0.1, 0.15) is 39.1 Å². The van der Waals surface area contributed by atoms with E-state index in [4.69, 9.17) is 4.74 Å². The molecule has 0 bridgehead atoms. The highest BCUT2D eigenvalue weighted by Gasteiger charge is 2.39. The SMILES string of the molecule is CC(C)(C)OC(=O)N1CC(O)CC1c1ncc(-c2ccc(Br)cc2)[nH]1. The summed E-state index contributed by atoms with van der Waals surface area (Å²) in [6, 6.07) is 7.56. The fourth-order valence-electron chi connectivity index (χ4n) is 2.88. The van der Waals surface area contributed by atoms with Gasteiger partial charge in [-0.15, -0.1) is 0 Å². The van der Waals surface area contributed by atoms with Crippen LogP contribution in [0.4, 0.5) is 4.79 Å². The highest BCUT2D eigenvalue weighted by Crippen LogP contribution is 2.33. The van der Waals surface area contributed by atoms with E-state index < -0.39 is 17.8 Å². The molecular formula is C18H22BrN3O3. The molecular weight excluding hydrogens is 386 g/mol. The number of aromatic amines is 1. The fourth-order valence-corrected chi connectivity index (χ4v) is 3.14. The number of hydrogen-bond acceptors (Lipinski definition) is 4. The highest BCUT2D eigenvalue weighted by atomic mass is 79.9. The van der Waals surface area contributed by atoms with Crippen LogP contribution in [0.25, 0.3) is 11.3 Å². The number of aromatic nitrogens is 2. The monoisotopic (exact) mass is 407 g/mol. The number of amides is 1. The minimum Gasteiger partial charge on any atom is -0.444 e. The fraction of sp³-hybridized carbons (Fsp3) is 0.444. The lowest BCUT2D eigenvalue weighted by Crippen LogP contribution is -2.37. The summed E-state index contributed by atoms with van der Waals surface area (Å²) < 4.78 is 6.46. The van der Waals surface area contributed by atoms with Gasteiger partial charge in [0.05, 0.1) is 30.6 Å². The smallest absolute Gasteiger partial charge is 0.411 e. The highest BCUT2D eigenvalue weighted by molar-refractivity contribution is 9.10. The number of imidazole rings is 1. The number of carbonyl (C=O) groups excluding carboxylic acids is 1. The molecule has 1 fully saturated rings. The van der Waals surface area contributed by atoms with Gasteiger partial charge in [0, 0.05) is 10.9 Å². The van der Waals surface area contributed by atoms with E-state index in [1.807, 2.05) is 45.0 Å². The first-order chi connectivity index (χ1) is 11.7. The van der Waals surface area contributed by atoms with Crippen molar-refractivity contribution in [2.24, 2.45) is 0 Å². The number of benzene rings is 1. The number of aliphatic hydroxyl groups excluding tert-OH is 1. The van der Waals surface area contributed by atoms with Crippen LogP contribution >= 0.6 is 15.9 Å². The molecule has 0 spiro atoms. The standard InChI is InChI=1S/C18H22BrN3O3/c1-18(2,3)25-17(24)22-10-13(23)8-15(22)16-20-9-14(21-16)11-4-6-12(19)7-5-11/h4-7,9,13,15,23H,8,10H2,1-3H3,(H,20,21). The maximum Gasteiger partial charge on any atom is 0.411 e. The Balaban J connectivity index is 1.82. The Morgan fingerprint density at radius 1 is 1.36 bits per heavy atom. The van der Waals surface area contributed by atoms with E-state index >= 15 is 0 Å². The van der Waals surface area contributed by atoms with Gasteiger partial charge in [0.15, 0.2) is 0 Å². The van der Waals surface area contributed by atoms with Crippen LogP contribution in [-0.4, -0.2) is 44.3 Å². The first-order valence-corrected chi connectivity index (χ1v) is 9.01. The second-order valence-electron chi connectivity index (χ2n) is 7.23. The zero-order chi connectivity index (χ0) is 18.2. The average Bonchev–Trinajstić information content (AvgIpc) is 3.12. The molecule has 2 N–H and O–H groups in total. The number of nitrogens with one attached hydrogen (secondary N) is 1. The van der Waals surface area contributed by atoms with Crippen LogP contribution in [-0.2, 0) is 4.74 Å². The number of β-amino-alcohol motifs (C(OH)–C–C–N with tert-alkyl or cyclic N) is 1. The number of hydrogen-bond donors (Lipinski definition) is 2. The average molecular weight is 408 g/mol. The van der Waals surface area contributed by atoms with Gasteiger partial charge in [-0.05, 0) is 38.5 Å². The van der Waals surface area contributed by atoms with E-state index in [0.717, 1.165) is 15.7 Å². The number of H-pyrrole nitrogens is 1. The van der Waals surface area contributed by atoms with Crippen molar-refractivity contribution in [1.82, 2.24) is 14.9 Å². The Kier molecular flexibility index (Phi) is 4.88. The Labute approximate surface area is 155 Å². The number of nitrogens with zero attached hydrogens (tertiary/aromatic N) is 2. The van der Waals surface area contributed by atoms with Crippen LogP contribution in [0.15, 0.2) is 34.9 Å². The molecule has 0 saturated carbocycles. The minimum atomic E-state index is -0.584. The van der Waals surface area contributed by atoms with Crippen LogP contribution in [0.3, 0.4) is 0 Å². The minimum absolute atomic E-state index is 0.244. The van der Waals surface area contributed by atoms with E-state index in [0.29, 0.717) is 12.2 Å². The summed E-state index contributed by atoms with van der Waals surface area (Å²) in [5.74, 6) is 0.653. The zero-order valence-electron chi connectivity index (χ0n) is 14.5. The van der Waals surface area contributed by atoms with Crippen LogP contribution < -0.4 is 0 Å². The first kappa shape index (κ1) is 17.9. The summed E-state index contributed by atoms with van der Waals surface area (Å²) in [5, 5.41) is 10.0. The third-order valence-corrected chi connectivity index (χ3v) is 4.50. The maximum atomic E-state index is 12.5. The lowest BCUT2D eigenvalue weighted by atomic mass is 10.1. The Bertz CT molecular complexity index is 752. The van der Waals surface area contributed by atoms with Gasteiger partial charge in [0.1, 0.15) is 11.4 Å². The lowest BCUT2D eigenvalue weighted by molar-refractivity contribution is 0.0201. The van der Waals surface area contributed by atoms with E-state index in [1.165, 1.54) is 0 Å². The van der Waals surface area contributed by atoms with Gasteiger partial charge < -0.3 is 14.8 Å². The van der Waals surface area contributed by atoms with Crippen molar-refractivity contribution in [3.8, 4) is 11.3 Å². The normalized spacial score (nSPS) is 20.8. The molecule has 0 aliphatic carbocycles. The van der Waals surface area contributed by atoms with Gasteiger partial charge in [0.2, 0.25) is 0 Å². The van der Waals surface area contributed by atoms with Gasteiger partial charge in [-0.2, -0.15) is 0 Å². The summed E-state index contributed by atoms with van der Waals surface area (Å²) in [7, 11) is 0. The predicted molar refractivity (Wildman–Crippen MR) is 98.0 cm³/mol. The quantitative estimate of drug-likeness (QED) is 0.791. The molecule has 134 valence electrons. The molecule has 1 saturated heterocycles. The molecule has 2 atom stereocenters. The Morgan fingerprint density at radius 3 is 2.68 bits per heavy atom. The van der Waals surface area contributed by atoms with Crippen molar-refractivity contribution in [1.29, 1.82) is 0 Å². The predicted octanol–water partition coefficient (Wildman–Crippen LogP) is 3.88. The molecule has 1 aliphatic rings. The van der Waals surface area contributed by atoms with Crippen molar-refractivity contribution in [2.75, 3.05) is 6.54 Å². The van der Waals surface area contributed by atoms with Crippen molar-refractivity contribution in [2.45, 2.75) is 44.9 Å². The molecule has 6 nitrogen and oxygen atoms in total. The number of halogens is 1. The Hall–Kier alpha value is -1.86. The maximum absolute atomic E-state index is 12.5. The molecule has 2 unspecified atom stereocenters. The molecule has 0 radical (unpaired) electrons. The molecule has 1 aromatic heterocycles. The van der Waals surface area contributed by atoms with Gasteiger partial charge >= 0.3 is 6.09 Å². The summed E-state index contributed by atoms with van der Waals surface area (Å²) in [4.78, 5) is 21.7. The van der Waals surface area contributed by atoms with Crippen LogP contribution in [0.5, 0.6) is 0 Å². The van der Waals surface area contributed by atoms with E-state index in [-0.39, 0.29) is 12.6 Å². The molecule has 3 rings (SSSR count). The van der Waals surface area contributed by atoms with Crippen molar-refractivity contribution >= 4 is 22.0 Å². The van der Waals surface area contributed by atoms with Crippen molar-refractivity contribution < 1.29 is 14.6 Å². The molecule has 1 amide bonds. The van der Waals surface area contributed by atoms with E-state index in [1.54, 1.807) is 11.1 Å². The Morgan fingerprint density at radius 2 is 2.04 bits per heavy atom. The molecule has 7 heteroatoms. The van der Waals surface area contributed by atoms with Crippen LogP contribution in [0, 0.1) is 0 Å². The van der Waals surface area contributed by atoms with Crippen molar-refractivity contribution in [3.05, 3.63) is 40.8 Å². The first-order valence-electron chi connectivity index (χ1n) is 8.21. The largest absolute Gasteiger partial charge is 0.444 e. The van der Waals surface area contributed by atoms with Gasteiger partial charge in [-0.3, -0.25) is 4.90 Å². The topological polar surface area (TPSA) is 78.4 Å². The van der Waals surface area contributed by atoms with E-state index in [9.17, 15) is 9.90 Å². The summed E-state index contributed by atoms with van der Waals surface area (Å²) in [6.45, 7) is 5.72. The van der Waals surface area contributed by atoms with Crippen molar-refractivity contribution in [3.63, 3.8) is 0 Å². The zero-order valence-corrected chi connectivity index (χ0v) is 16.1. The third kappa shape index (κ3) is 4.22. The summed E-state index contributed by atoms with van der Waals surface area (Å²) in [6.07, 6.45) is 1.16. The van der Waals surface area contributed by atoms with Crippen LogP contribution in [0.2, 0.25) is 0 Å². The van der Waals surface area contributed by atoms with Gasteiger partial charge in [0.25, 0.3) is 0 Å². The molecule has 25 heavy (non-hydrogen) atoms. The lowest BCUT2D eigenvalue weighted by Gasteiger charge is -2.27. The number of aliphatic hydroxyl groups is 1. The molecule has 1 aliphatic heterocycles. The number of carbonyl (C=O) groups is 1. The number of rotatable bonds is 2. The number of likely N-dealkylation sites (tertiary alicyclic amines) is 1.